The Hall–Kier alpha value is -4.53. The van der Waals surface area contributed by atoms with E-state index in [-0.39, 0.29) is 18.6 Å². The van der Waals surface area contributed by atoms with Crippen LogP contribution in [0.25, 0.3) is 0 Å². The number of ether oxygens (including phenoxy) is 5. The average Bonchev–Trinajstić information content (AvgIpc) is 3.33. The molecule has 0 radical (unpaired) electrons. The molecular weight excluding hydrogens is 943 g/mol. The van der Waals surface area contributed by atoms with Crippen molar-refractivity contribution in [3.63, 3.8) is 0 Å². The van der Waals surface area contributed by atoms with Crippen LogP contribution in [0.1, 0.15) is 125 Å². The first-order chi connectivity index (χ1) is 33.4. The van der Waals surface area contributed by atoms with E-state index < -0.39 is 129 Å². The molecule has 15 nitrogen and oxygen atoms in total. The fourth-order valence-corrected chi connectivity index (χ4v) is 18.1. The summed E-state index contributed by atoms with van der Waals surface area (Å²) in [6.45, 7) is 22.4. The number of carbonyl (C=O) groups excluding carboxylic acids is 6. The molecule has 2 N–H and O–H groups in total. The lowest BCUT2D eigenvalue weighted by molar-refractivity contribution is -0.346. The minimum atomic E-state index is -2.72. The normalized spacial score (nSPS) is 29.9. The second-order valence-corrected chi connectivity index (χ2v) is 30.3. The number of esters is 4. The summed E-state index contributed by atoms with van der Waals surface area (Å²) in [5, 5.41) is 17.2. The molecule has 0 spiro atoms. The van der Waals surface area contributed by atoms with Crippen LogP contribution in [0.4, 0.5) is 0 Å². The Labute approximate surface area is 421 Å². The number of amides is 1. The van der Waals surface area contributed by atoms with Crippen LogP contribution in [0.3, 0.4) is 0 Å². The Balaban J connectivity index is 1.61. The van der Waals surface area contributed by atoms with E-state index in [2.05, 4.69) is 26.1 Å². The molecule has 4 aliphatic rings. The molecule has 11 atom stereocenters. The van der Waals surface area contributed by atoms with E-state index in [1.807, 2.05) is 26.8 Å². The van der Waals surface area contributed by atoms with Crippen LogP contribution in [0.2, 0.25) is 36.3 Å². The lowest BCUT2D eigenvalue weighted by atomic mass is 9.44. The molecule has 1 saturated heterocycles. The zero-order chi connectivity index (χ0) is 52.5. The van der Waals surface area contributed by atoms with Crippen LogP contribution in [0.5, 0.6) is 0 Å². The molecule has 0 unspecified atom stereocenters. The highest BCUT2D eigenvalue weighted by molar-refractivity contribution is 6.74. The first kappa shape index (κ1) is 55.8. The van der Waals surface area contributed by atoms with Crippen LogP contribution in [0, 0.1) is 16.7 Å². The standard InChI is InChI=1S/C54H77NO14Si2/c1-14-70(15-2,16-3)68-40-30-41-53(32-63-41,67-36(10)58)46-48(65-35(9)57)54(62)31-39(33(7)42(51(54,11)12)44(64-34(8)56)47(59)52(40,46)13)66-50(61)45(69-71(17-4,18-5)19-6)43(37-26-22-20-23-27-37)55-49(60)38-28-24-21-25-29-38/h20-29,39-41,43-46,48,62H,14-19,30-32H2,1-13H3,(H,55,60)/t39-,40-,41+,43-,44+,45+,46-,48-,52+,53-,54+/m0/s1. The Bertz CT molecular complexity index is 2320. The van der Waals surface area contributed by atoms with Gasteiger partial charge in [0.2, 0.25) is 0 Å². The van der Waals surface area contributed by atoms with E-state index in [4.69, 9.17) is 32.5 Å². The maximum Gasteiger partial charge on any atom is 0.337 e. The quantitative estimate of drug-likeness (QED) is 0.0588. The van der Waals surface area contributed by atoms with Gasteiger partial charge in [-0.25, -0.2) is 4.79 Å². The van der Waals surface area contributed by atoms with E-state index >= 15 is 9.59 Å². The molecule has 0 aromatic heterocycles. The van der Waals surface area contributed by atoms with Crippen molar-refractivity contribution in [1.29, 1.82) is 0 Å². The van der Waals surface area contributed by atoms with Gasteiger partial charge in [-0.15, -0.1) is 0 Å². The van der Waals surface area contributed by atoms with E-state index in [0.717, 1.165) is 0 Å². The molecule has 1 aliphatic heterocycles. The van der Waals surface area contributed by atoms with Crippen molar-refractivity contribution in [2.75, 3.05) is 6.61 Å². The van der Waals surface area contributed by atoms with Crippen molar-refractivity contribution >= 4 is 52.2 Å². The molecule has 1 amide bonds. The Kier molecular flexibility index (Phi) is 16.9. The maximum absolute atomic E-state index is 16.3. The molecule has 2 bridgehead atoms. The molecule has 2 aromatic rings. The summed E-state index contributed by atoms with van der Waals surface area (Å²) in [4.78, 5) is 86.5. The van der Waals surface area contributed by atoms with Crippen LogP contribution < -0.4 is 5.32 Å². The molecule has 71 heavy (non-hydrogen) atoms. The van der Waals surface area contributed by atoms with Gasteiger partial charge in [0.05, 0.1) is 30.1 Å². The van der Waals surface area contributed by atoms with Crippen molar-refractivity contribution in [2.24, 2.45) is 16.7 Å². The minimum absolute atomic E-state index is 0.114. The van der Waals surface area contributed by atoms with E-state index in [1.165, 1.54) is 20.8 Å². The molecule has 1 heterocycles. The van der Waals surface area contributed by atoms with Gasteiger partial charge in [0.25, 0.3) is 5.91 Å². The third-order valence-electron chi connectivity index (χ3n) is 17.1. The van der Waals surface area contributed by atoms with Crippen molar-refractivity contribution < 1.29 is 66.4 Å². The van der Waals surface area contributed by atoms with Gasteiger partial charge in [-0.05, 0) is 79.0 Å². The highest BCUT2D eigenvalue weighted by Crippen LogP contribution is 2.65. The number of carbonyl (C=O) groups is 6. The topological polar surface area (TPSA) is 199 Å². The third-order valence-corrected chi connectivity index (χ3v) is 26.4. The summed E-state index contributed by atoms with van der Waals surface area (Å²) in [7, 11) is -5.32. The first-order valence-electron chi connectivity index (χ1n) is 25.5. The van der Waals surface area contributed by atoms with E-state index in [9.17, 15) is 24.3 Å². The predicted molar refractivity (Wildman–Crippen MR) is 270 cm³/mol. The number of ketones is 1. The predicted octanol–water partition coefficient (Wildman–Crippen LogP) is 8.50. The van der Waals surface area contributed by atoms with Gasteiger partial charge < -0.3 is 43.0 Å². The number of nitrogens with one attached hydrogen (secondary N) is 1. The summed E-state index contributed by atoms with van der Waals surface area (Å²) >= 11 is 0. The maximum atomic E-state index is 16.3. The highest BCUT2D eigenvalue weighted by Gasteiger charge is 2.79. The molecule has 2 aromatic carbocycles. The van der Waals surface area contributed by atoms with Crippen LogP contribution >= 0.6 is 0 Å². The number of rotatable bonds is 19. The molecule has 3 fully saturated rings. The number of benzene rings is 2. The largest absolute Gasteiger partial charge is 0.459 e. The van der Waals surface area contributed by atoms with E-state index in [1.54, 1.807) is 82.3 Å². The van der Waals surface area contributed by atoms with Gasteiger partial charge in [0.1, 0.15) is 23.9 Å². The van der Waals surface area contributed by atoms with Gasteiger partial charge in [0, 0.05) is 44.6 Å². The lowest BCUT2D eigenvalue weighted by Crippen LogP contribution is -2.82. The zero-order valence-corrected chi connectivity index (χ0v) is 46.0. The zero-order valence-electron chi connectivity index (χ0n) is 44.0. The summed E-state index contributed by atoms with van der Waals surface area (Å²) in [6.07, 6.45) is -8.16. The third kappa shape index (κ3) is 9.99. The number of hydrogen-bond acceptors (Lipinski definition) is 14. The van der Waals surface area contributed by atoms with Crippen LogP contribution in [-0.2, 0) is 56.5 Å². The molecule has 3 aliphatic carbocycles. The Morgan fingerprint density at radius 2 is 1.32 bits per heavy atom. The number of Topliss-reactive ketones (excluding diaryl/α,β-unsaturated/α-hetero) is 1. The van der Waals surface area contributed by atoms with Crippen molar-refractivity contribution in [3.8, 4) is 0 Å². The monoisotopic (exact) mass is 1020 g/mol. The van der Waals surface area contributed by atoms with Gasteiger partial charge >= 0.3 is 23.9 Å². The van der Waals surface area contributed by atoms with Crippen molar-refractivity contribution in [1.82, 2.24) is 5.32 Å². The lowest BCUT2D eigenvalue weighted by Gasteiger charge is -2.68. The van der Waals surface area contributed by atoms with Gasteiger partial charge in [0.15, 0.2) is 40.2 Å². The highest BCUT2D eigenvalue weighted by atomic mass is 28.4. The van der Waals surface area contributed by atoms with Crippen LogP contribution in [-0.4, -0.2) is 112 Å². The summed E-state index contributed by atoms with van der Waals surface area (Å²) in [5.74, 6) is -5.54. The second-order valence-electron chi connectivity index (χ2n) is 20.9. The number of hydrogen-bond donors (Lipinski definition) is 2. The molecule has 17 heteroatoms. The van der Waals surface area contributed by atoms with Crippen LogP contribution in [0.15, 0.2) is 71.8 Å². The average molecular weight is 1020 g/mol. The van der Waals surface area contributed by atoms with Gasteiger partial charge in [-0.3, -0.25) is 24.0 Å². The number of aliphatic hydroxyl groups is 1. The first-order valence-corrected chi connectivity index (χ1v) is 30.6. The van der Waals surface area contributed by atoms with Gasteiger partial charge in [-0.1, -0.05) is 104 Å². The molecule has 2 saturated carbocycles. The van der Waals surface area contributed by atoms with Crippen molar-refractivity contribution in [3.05, 3.63) is 82.9 Å². The summed E-state index contributed by atoms with van der Waals surface area (Å²) in [6, 6.07) is 20.7. The number of fused-ring (bicyclic) bond motifs is 5. The molecule has 6 rings (SSSR count). The molecule has 390 valence electrons. The Morgan fingerprint density at radius 1 is 0.775 bits per heavy atom. The SMILES string of the molecule is CC[Si](CC)(CC)O[C@H]1C[C@H]2OC[C@@]2(OC(C)=O)[C@H]2[C@H](OC(C)=O)[C@]3(O)C[C@H](OC(=O)[C@H](O[Si](CC)(CC)CC)[C@@H](NC(=O)c4ccccc4)c4ccccc4)C(C)=C([C@@H](OC(C)=O)C(=O)[C@]12C)C3(C)C. The molecular formula is C54H77NO14Si2. The fraction of sp³-hybridized carbons (Fsp3) is 0.630. The van der Waals surface area contributed by atoms with E-state index in [0.29, 0.717) is 53.0 Å². The van der Waals surface area contributed by atoms with Crippen molar-refractivity contribution in [2.45, 2.75) is 193 Å². The Morgan fingerprint density at radius 3 is 1.82 bits per heavy atom. The van der Waals surface area contributed by atoms with Gasteiger partial charge in [-0.2, -0.15) is 0 Å². The second kappa shape index (κ2) is 21.5. The summed E-state index contributed by atoms with van der Waals surface area (Å²) < 4.78 is 46.3. The smallest absolute Gasteiger partial charge is 0.337 e. The summed E-state index contributed by atoms with van der Waals surface area (Å²) in [5.41, 5.74) is -5.79. The fourth-order valence-electron chi connectivity index (χ4n) is 12.4. The minimum Gasteiger partial charge on any atom is -0.459 e.